The number of ether oxygens (including phenoxy) is 1. The predicted molar refractivity (Wildman–Crippen MR) is 65.9 cm³/mol. The number of pyridine rings is 1. The number of aromatic nitrogens is 1. The van der Waals surface area contributed by atoms with Crippen LogP contribution in [0, 0.1) is 17.2 Å². The molecule has 2 atom stereocenters. The summed E-state index contributed by atoms with van der Waals surface area (Å²) in [6.45, 7) is 2.60. The number of nitriles is 1. The molecule has 18 heavy (non-hydrogen) atoms. The molecular formula is C13H15N3O2. The lowest BCUT2D eigenvalue weighted by Gasteiger charge is -2.22. The minimum absolute atomic E-state index is 0.143. The number of carbonyl (C=O) groups excluding carboxylic acids is 1. The molecule has 1 aromatic rings. The van der Waals surface area contributed by atoms with Crippen LogP contribution in [0.3, 0.4) is 0 Å². The van der Waals surface area contributed by atoms with Crippen LogP contribution in [0.2, 0.25) is 0 Å². The molecule has 0 saturated carbocycles. The molecule has 1 aliphatic heterocycles. The van der Waals surface area contributed by atoms with E-state index in [-0.39, 0.29) is 11.8 Å². The third-order valence-electron chi connectivity index (χ3n) is 3.19. The van der Waals surface area contributed by atoms with Crippen LogP contribution in [0.25, 0.3) is 0 Å². The molecule has 2 heterocycles. The lowest BCUT2D eigenvalue weighted by molar-refractivity contribution is -0.128. The number of likely N-dealkylation sites (N-methyl/N-ethyl adjacent to an activating group) is 1. The fourth-order valence-corrected chi connectivity index (χ4v) is 2.06. The Bertz CT molecular complexity index is 495. The highest BCUT2D eigenvalue weighted by atomic mass is 16.5. The molecular weight excluding hydrogens is 230 g/mol. The van der Waals surface area contributed by atoms with E-state index in [1.54, 1.807) is 25.4 Å². The predicted octanol–water partition coefficient (Wildman–Crippen LogP) is 1.34. The summed E-state index contributed by atoms with van der Waals surface area (Å²) in [6.07, 6.45) is 2.03. The van der Waals surface area contributed by atoms with Crippen molar-refractivity contribution in [3.05, 3.63) is 23.9 Å². The lowest BCUT2D eigenvalue weighted by atomic mass is 10.0. The Hall–Kier alpha value is -1.93. The number of rotatable bonds is 2. The van der Waals surface area contributed by atoms with Gasteiger partial charge >= 0.3 is 0 Å². The number of amides is 1. The zero-order chi connectivity index (χ0) is 13.1. The molecule has 1 amide bonds. The van der Waals surface area contributed by atoms with Crippen LogP contribution < -0.4 is 4.90 Å². The highest BCUT2D eigenvalue weighted by molar-refractivity contribution is 5.96. The van der Waals surface area contributed by atoms with Crippen molar-refractivity contribution >= 4 is 11.7 Å². The van der Waals surface area contributed by atoms with Gasteiger partial charge in [0.1, 0.15) is 12.2 Å². The number of hydrogen-bond acceptors (Lipinski definition) is 4. The van der Waals surface area contributed by atoms with E-state index >= 15 is 0 Å². The van der Waals surface area contributed by atoms with Crippen LogP contribution >= 0.6 is 0 Å². The second kappa shape index (κ2) is 5.15. The van der Waals surface area contributed by atoms with Crippen molar-refractivity contribution in [3.8, 4) is 6.07 Å². The molecule has 0 aliphatic carbocycles. The van der Waals surface area contributed by atoms with Gasteiger partial charge in [-0.2, -0.15) is 5.26 Å². The summed E-state index contributed by atoms with van der Waals surface area (Å²) in [5.41, 5.74) is 0.388. The highest BCUT2D eigenvalue weighted by Gasteiger charge is 2.34. The van der Waals surface area contributed by atoms with Gasteiger partial charge in [0, 0.05) is 19.9 Å². The van der Waals surface area contributed by atoms with Gasteiger partial charge in [-0.05, 0) is 24.5 Å². The van der Waals surface area contributed by atoms with Gasteiger partial charge < -0.3 is 4.74 Å². The second-order valence-corrected chi connectivity index (χ2v) is 4.44. The first kappa shape index (κ1) is 12.5. The Balaban J connectivity index is 2.23. The monoisotopic (exact) mass is 245 g/mol. The molecule has 1 aromatic heterocycles. The van der Waals surface area contributed by atoms with E-state index in [2.05, 4.69) is 4.98 Å². The molecule has 0 aromatic carbocycles. The summed E-state index contributed by atoms with van der Waals surface area (Å²) < 4.78 is 5.44. The molecule has 1 saturated heterocycles. The SMILES string of the molecule is C[C@@H]1CCO[C@@H]1C(=O)N(C)c1ncccc1C#N. The third kappa shape index (κ3) is 2.20. The van der Waals surface area contributed by atoms with E-state index < -0.39 is 6.10 Å². The quantitative estimate of drug-likeness (QED) is 0.788. The van der Waals surface area contributed by atoms with Gasteiger partial charge in [-0.1, -0.05) is 6.92 Å². The summed E-state index contributed by atoms with van der Waals surface area (Å²) in [4.78, 5) is 17.8. The van der Waals surface area contributed by atoms with Gasteiger partial charge in [-0.3, -0.25) is 9.69 Å². The summed E-state index contributed by atoms with van der Waals surface area (Å²) in [7, 11) is 1.62. The Morgan fingerprint density at radius 2 is 2.44 bits per heavy atom. The van der Waals surface area contributed by atoms with Gasteiger partial charge in [0.15, 0.2) is 5.82 Å². The standard InChI is InChI=1S/C13H15N3O2/c1-9-5-7-18-11(9)13(17)16(2)12-10(8-14)4-3-6-15-12/h3-4,6,9,11H,5,7H2,1-2H3/t9-,11+/m1/s1. The first-order chi connectivity index (χ1) is 8.65. The number of nitrogens with zero attached hydrogens (tertiary/aromatic N) is 3. The molecule has 5 nitrogen and oxygen atoms in total. The van der Waals surface area contributed by atoms with Crippen LogP contribution in [-0.4, -0.2) is 30.6 Å². The van der Waals surface area contributed by atoms with Gasteiger partial charge in [0.05, 0.1) is 5.56 Å². The highest BCUT2D eigenvalue weighted by Crippen LogP contribution is 2.24. The summed E-state index contributed by atoms with van der Waals surface area (Å²) >= 11 is 0. The molecule has 0 radical (unpaired) electrons. The van der Waals surface area contributed by atoms with Crippen molar-refractivity contribution in [2.75, 3.05) is 18.6 Å². The van der Waals surface area contributed by atoms with Crippen LogP contribution in [0.15, 0.2) is 18.3 Å². The Morgan fingerprint density at radius 3 is 3.06 bits per heavy atom. The maximum Gasteiger partial charge on any atom is 0.257 e. The Morgan fingerprint density at radius 1 is 1.67 bits per heavy atom. The lowest BCUT2D eigenvalue weighted by Crippen LogP contribution is -2.39. The Kier molecular flexibility index (Phi) is 3.58. The molecule has 0 bridgehead atoms. The molecule has 0 unspecified atom stereocenters. The van der Waals surface area contributed by atoms with Gasteiger partial charge in [-0.15, -0.1) is 0 Å². The average Bonchev–Trinajstić information content (AvgIpc) is 2.83. The number of carbonyl (C=O) groups is 1. The van der Waals surface area contributed by atoms with E-state index in [1.807, 2.05) is 13.0 Å². The maximum atomic E-state index is 12.3. The molecule has 0 spiro atoms. The normalized spacial score (nSPS) is 22.5. The van der Waals surface area contributed by atoms with E-state index in [0.717, 1.165) is 6.42 Å². The molecule has 1 fully saturated rings. The first-order valence-electron chi connectivity index (χ1n) is 5.89. The molecule has 0 N–H and O–H groups in total. The fraction of sp³-hybridized carbons (Fsp3) is 0.462. The van der Waals surface area contributed by atoms with E-state index in [0.29, 0.717) is 18.0 Å². The van der Waals surface area contributed by atoms with Crippen molar-refractivity contribution in [1.29, 1.82) is 5.26 Å². The first-order valence-corrected chi connectivity index (χ1v) is 5.89. The minimum Gasteiger partial charge on any atom is -0.368 e. The molecule has 1 aliphatic rings. The topological polar surface area (TPSA) is 66.2 Å². The fourth-order valence-electron chi connectivity index (χ4n) is 2.06. The average molecular weight is 245 g/mol. The van der Waals surface area contributed by atoms with Crippen LogP contribution in [0.4, 0.5) is 5.82 Å². The van der Waals surface area contributed by atoms with Gasteiger partial charge in [0.25, 0.3) is 5.91 Å². The summed E-state index contributed by atoms with van der Waals surface area (Å²) in [5.74, 6) is 0.442. The number of hydrogen-bond donors (Lipinski definition) is 0. The van der Waals surface area contributed by atoms with E-state index in [4.69, 9.17) is 10.00 Å². The van der Waals surface area contributed by atoms with Gasteiger partial charge in [0.2, 0.25) is 0 Å². The molecule has 94 valence electrons. The smallest absolute Gasteiger partial charge is 0.257 e. The van der Waals surface area contributed by atoms with Crippen LogP contribution in [0.5, 0.6) is 0 Å². The van der Waals surface area contributed by atoms with E-state index in [9.17, 15) is 4.79 Å². The van der Waals surface area contributed by atoms with E-state index in [1.165, 1.54) is 4.90 Å². The van der Waals surface area contributed by atoms with Crippen LogP contribution in [0.1, 0.15) is 18.9 Å². The largest absolute Gasteiger partial charge is 0.368 e. The molecule has 2 rings (SSSR count). The summed E-state index contributed by atoms with van der Waals surface area (Å²) in [6, 6.07) is 5.36. The third-order valence-corrected chi connectivity index (χ3v) is 3.19. The zero-order valence-electron chi connectivity index (χ0n) is 10.5. The minimum atomic E-state index is -0.427. The van der Waals surface area contributed by atoms with Crippen molar-refractivity contribution in [1.82, 2.24) is 4.98 Å². The van der Waals surface area contributed by atoms with Gasteiger partial charge in [-0.25, -0.2) is 4.98 Å². The van der Waals surface area contributed by atoms with Crippen molar-refractivity contribution in [2.24, 2.45) is 5.92 Å². The van der Waals surface area contributed by atoms with Crippen molar-refractivity contribution in [2.45, 2.75) is 19.4 Å². The maximum absolute atomic E-state index is 12.3. The van der Waals surface area contributed by atoms with Crippen molar-refractivity contribution in [3.63, 3.8) is 0 Å². The zero-order valence-corrected chi connectivity index (χ0v) is 10.5. The molecule has 5 heteroatoms. The van der Waals surface area contributed by atoms with Crippen LogP contribution in [-0.2, 0) is 9.53 Å². The second-order valence-electron chi connectivity index (χ2n) is 4.44. The van der Waals surface area contributed by atoms with Crippen molar-refractivity contribution < 1.29 is 9.53 Å². The Labute approximate surface area is 106 Å². The summed E-state index contributed by atoms with van der Waals surface area (Å²) in [5, 5.41) is 9.01. The number of anilines is 1.